The van der Waals surface area contributed by atoms with E-state index in [4.69, 9.17) is 4.74 Å². The van der Waals surface area contributed by atoms with Crippen LogP contribution in [0.25, 0.3) is 0 Å². The van der Waals surface area contributed by atoms with Crippen molar-refractivity contribution in [3.05, 3.63) is 30.3 Å². The fourth-order valence-corrected chi connectivity index (χ4v) is 2.68. The number of hydrogen-bond acceptors (Lipinski definition) is 3. The number of ether oxygens (including phenoxy) is 1. The van der Waals surface area contributed by atoms with Gasteiger partial charge in [0.05, 0.1) is 0 Å². The highest BCUT2D eigenvalue weighted by Gasteiger charge is 2.31. The number of rotatable bonds is 5. The first kappa shape index (κ1) is 14.4. The SMILES string of the molecule is CCC1CNC(C)(C)CN1CCOc1ccccc1. The van der Waals surface area contributed by atoms with Gasteiger partial charge in [0.1, 0.15) is 12.4 Å². The summed E-state index contributed by atoms with van der Waals surface area (Å²) in [5.74, 6) is 0.963. The lowest BCUT2D eigenvalue weighted by atomic mass is 9.98. The Hall–Kier alpha value is -1.06. The second-order valence-corrected chi connectivity index (χ2v) is 5.96. The third-order valence-electron chi connectivity index (χ3n) is 3.79. The molecule has 1 aromatic carbocycles. The van der Waals surface area contributed by atoms with E-state index >= 15 is 0 Å². The van der Waals surface area contributed by atoms with Crippen LogP contribution in [0.1, 0.15) is 27.2 Å². The summed E-state index contributed by atoms with van der Waals surface area (Å²) in [7, 11) is 0. The fraction of sp³-hybridized carbons (Fsp3) is 0.625. The summed E-state index contributed by atoms with van der Waals surface area (Å²) in [6, 6.07) is 10.7. The van der Waals surface area contributed by atoms with Crippen LogP contribution in [0.3, 0.4) is 0 Å². The number of para-hydroxylation sites is 1. The monoisotopic (exact) mass is 262 g/mol. The van der Waals surface area contributed by atoms with Gasteiger partial charge in [-0.2, -0.15) is 0 Å². The molecule has 1 aromatic rings. The predicted octanol–water partition coefficient (Wildman–Crippen LogP) is 2.53. The highest BCUT2D eigenvalue weighted by atomic mass is 16.5. The molecule has 3 nitrogen and oxygen atoms in total. The van der Waals surface area contributed by atoms with Gasteiger partial charge in [0.15, 0.2) is 0 Å². The molecule has 1 unspecified atom stereocenters. The lowest BCUT2D eigenvalue weighted by molar-refractivity contribution is 0.0782. The average Bonchev–Trinajstić information content (AvgIpc) is 2.39. The Morgan fingerprint density at radius 1 is 1.32 bits per heavy atom. The summed E-state index contributed by atoms with van der Waals surface area (Å²) < 4.78 is 5.81. The van der Waals surface area contributed by atoms with E-state index in [1.54, 1.807) is 0 Å². The van der Waals surface area contributed by atoms with Crippen molar-refractivity contribution in [1.82, 2.24) is 10.2 Å². The van der Waals surface area contributed by atoms with Crippen molar-refractivity contribution in [3.8, 4) is 5.75 Å². The van der Waals surface area contributed by atoms with Gasteiger partial charge < -0.3 is 10.1 Å². The Morgan fingerprint density at radius 2 is 2.05 bits per heavy atom. The molecule has 1 fully saturated rings. The third kappa shape index (κ3) is 4.22. The molecule has 1 N–H and O–H groups in total. The third-order valence-corrected chi connectivity index (χ3v) is 3.79. The van der Waals surface area contributed by atoms with Crippen molar-refractivity contribution in [3.63, 3.8) is 0 Å². The smallest absolute Gasteiger partial charge is 0.119 e. The van der Waals surface area contributed by atoms with Crippen LogP contribution >= 0.6 is 0 Å². The number of nitrogens with zero attached hydrogens (tertiary/aromatic N) is 1. The van der Waals surface area contributed by atoms with Gasteiger partial charge in [0.2, 0.25) is 0 Å². The number of nitrogens with one attached hydrogen (secondary N) is 1. The minimum Gasteiger partial charge on any atom is -0.492 e. The van der Waals surface area contributed by atoms with Crippen molar-refractivity contribution < 1.29 is 4.74 Å². The first-order valence-corrected chi connectivity index (χ1v) is 7.27. The van der Waals surface area contributed by atoms with Gasteiger partial charge in [-0.1, -0.05) is 25.1 Å². The van der Waals surface area contributed by atoms with Crippen LogP contribution in [0.4, 0.5) is 0 Å². The van der Waals surface area contributed by atoms with Gasteiger partial charge >= 0.3 is 0 Å². The molecule has 0 saturated carbocycles. The summed E-state index contributed by atoms with van der Waals surface area (Å²) in [5.41, 5.74) is 0.207. The maximum absolute atomic E-state index is 5.81. The van der Waals surface area contributed by atoms with Crippen molar-refractivity contribution in [2.75, 3.05) is 26.2 Å². The molecular weight excluding hydrogens is 236 g/mol. The molecular formula is C16H26N2O. The molecule has 106 valence electrons. The zero-order chi connectivity index (χ0) is 13.7. The minimum atomic E-state index is 0.207. The summed E-state index contributed by atoms with van der Waals surface area (Å²) in [6.45, 7) is 10.7. The highest BCUT2D eigenvalue weighted by Crippen LogP contribution is 2.17. The van der Waals surface area contributed by atoms with Gasteiger partial charge in [-0.3, -0.25) is 4.90 Å². The predicted molar refractivity (Wildman–Crippen MR) is 79.7 cm³/mol. The molecule has 0 radical (unpaired) electrons. The van der Waals surface area contributed by atoms with Crippen LogP contribution < -0.4 is 10.1 Å². The molecule has 0 aliphatic carbocycles. The van der Waals surface area contributed by atoms with Crippen molar-refractivity contribution in [1.29, 1.82) is 0 Å². The van der Waals surface area contributed by atoms with Gasteiger partial charge in [-0.05, 0) is 32.4 Å². The first-order valence-electron chi connectivity index (χ1n) is 7.27. The van der Waals surface area contributed by atoms with Crippen molar-refractivity contribution in [2.24, 2.45) is 0 Å². The molecule has 1 atom stereocenters. The van der Waals surface area contributed by atoms with E-state index in [-0.39, 0.29) is 5.54 Å². The van der Waals surface area contributed by atoms with Crippen LogP contribution in [0.5, 0.6) is 5.75 Å². The Labute approximate surface area is 116 Å². The van der Waals surface area contributed by atoms with Crippen molar-refractivity contribution >= 4 is 0 Å². The molecule has 2 rings (SSSR count). The molecule has 1 aliphatic heterocycles. The topological polar surface area (TPSA) is 24.5 Å². The second kappa shape index (κ2) is 6.40. The maximum atomic E-state index is 5.81. The number of hydrogen-bond donors (Lipinski definition) is 1. The normalized spacial score (nSPS) is 23.2. The molecule has 0 bridgehead atoms. The Morgan fingerprint density at radius 3 is 2.74 bits per heavy atom. The van der Waals surface area contributed by atoms with Crippen LogP contribution in [0.2, 0.25) is 0 Å². The van der Waals surface area contributed by atoms with Crippen LogP contribution in [0, 0.1) is 0 Å². The van der Waals surface area contributed by atoms with E-state index in [2.05, 4.69) is 31.0 Å². The number of piperazine rings is 1. The maximum Gasteiger partial charge on any atom is 0.119 e. The second-order valence-electron chi connectivity index (χ2n) is 5.96. The summed E-state index contributed by atoms with van der Waals surface area (Å²) in [6.07, 6.45) is 1.19. The first-order chi connectivity index (χ1) is 9.11. The van der Waals surface area contributed by atoms with Crippen LogP contribution in [-0.2, 0) is 0 Å². The lowest BCUT2D eigenvalue weighted by Gasteiger charge is -2.44. The molecule has 1 saturated heterocycles. The zero-order valence-electron chi connectivity index (χ0n) is 12.4. The Bertz CT molecular complexity index is 378. The molecule has 1 aliphatic rings. The van der Waals surface area contributed by atoms with Gasteiger partial charge in [0.25, 0.3) is 0 Å². The van der Waals surface area contributed by atoms with Crippen molar-refractivity contribution in [2.45, 2.75) is 38.8 Å². The molecule has 0 spiro atoms. The fourth-order valence-electron chi connectivity index (χ4n) is 2.68. The van der Waals surface area contributed by atoms with Gasteiger partial charge in [-0.15, -0.1) is 0 Å². The molecule has 1 heterocycles. The Kier molecular flexibility index (Phi) is 4.83. The average molecular weight is 262 g/mol. The standard InChI is InChI=1S/C16H26N2O/c1-4-14-12-17-16(2,3)13-18(14)10-11-19-15-8-6-5-7-9-15/h5-9,14,17H,4,10-13H2,1-3H3. The minimum absolute atomic E-state index is 0.207. The molecule has 19 heavy (non-hydrogen) atoms. The largest absolute Gasteiger partial charge is 0.492 e. The molecule has 0 aromatic heterocycles. The molecule has 3 heteroatoms. The zero-order valence-corrected chi connectivity index (χ0v) is 12.4. The quantitative estimate of drug-likeness (QED) is 0.882. The summed E-state index contributed by atoms with van der Waals surface area (Å²) in [4.78, 5) is 2.56. The lowest BCUT2D eigenvalue weighted by Crippen LogP contribution is -2.61. The van der Waals surface area contributed by atoms with E-state index in [1.165, 1.54) is 6.42 Å². The Balaban J connectivity index is 1.82. The van der Waals surface area contributed by atoms with Gasteiger partial charge in [0, 0.05) is 31.2 Å². The van der Waals surface area contributed by atoms with E-state index < -0.39 is 0 Å². The van der Waals surface area contributed by atoms with Crippen LogP contribution in [-0.4, -0.2) is 42.7 Å². The summed E-state index contributed by atoms with van der Waals surface area (Å²) in [5, 5.41) is 3.61. The highest BCUT2D eigenvalue weighted by molar-refractivity contribution is 5.20. The van der Waals surface area contributed by atoms with E-state index in [0.29, 0.717) is 6.04 Å². The molecule has 0 amide bonds. The van der Waals surface area contributed by atoms with E-state index in [0.717, 1.165) is 32.0 Å². The van der Waals surface area contributed by atoms with E-state index in [1.807, 2.05) is 30.3 Å². The van der Waals surface area contributed by atoms with Crippen LogP contribution in [0.15, 0.2) is 30.3 Å². The van der Waals surface area contributed by atoms with Gasteiger partial charge in [-0.25, -0.2) is 0 Å². The summed E-state index contributed by atoms with van der Waals surface area (Å²) >= 11 is 0. The van der Waals surface area contributed by atoms with E-state index in [9.17, 15) is 0 Å². The number of benzene rings is 1.